The van der Waals surface area contributed by atoms with Crippen molar-refractivity contribution in [2.75, 3.05) is 13.1 Å². The minimum absolute atomic E-state index is 0.00638. The van der Waals surface area contributed by atoms with Crippen molar-refractivity contribution in [2.45, 2.75) is 58.9 Å². The fraction of sp³-hybridized carbons (Fsp3) is 0.522. The van der Waals surface area contributed by atoms with Gasteiger partial charge in [-0.15, -0.1) is 5.10 Å². The van der Waals surface area contributed by atoms with E-state index in [0.29, 0.717) is 24.6 Å². The maximum absolute atomic E-state index is 12.9. The highest BCUT2D eigenvalue weighted by atomic mass is 16.2. The van der Waals surface area contributed by atoms with Crippen LogP contribution in [0.2, 0.25) is 0 Å². The first kappa shape index (κ1) is 21.2. The fourth-order valence-electron chi connectivity index (χ4n) is 4.35. The Kier molecular flexibility index (Phi) is 6.15. The van der Waals surface area contributed by atoms with Crippen molar-refractivity contribution in [3.63, 3.8) is 0 Å². The zero-order valence-electron chi connectivity index (χ0n) is 18.5. The molecule has 8 nitrogen and oxygen atoms in total. The van der Waals surface area contributed by atoms with Crippen LogP contribution in [0.15, 0.2) is 29.1 Å². The lowest BCUT2D eigenvalue weighted by atomic mass is 9.94. The molecule has 1 fully saturated rings. The van der Waals surface area contributed by atoms with Crippen LogP contribution < -0.4 is 5.56 Å². The van der Waals surface area contributed by atoms with Crippen LogP contribution in [0.25, 0.3) is 11.2 Å². The lowest BCUT2D eigenvalue weighted by Crippen LogP contribution is -2.42. The highest BCUT2D eigenvalue weighted by Crippen LogP contribution is 2.26. The van der Waals surface area contributed by atoms with Crippen molar-refractivity contribution in [3.05, 3.63) is 51.6 Å². The molecular weight excluding hydrogens is 392 g/mol. The molecule has 3 heterocycles. The number of hydrogen-bond donors (Lipinski definition) is 1. The van der Waals surface area contributed by atoms with Crippen molar-refractivity contribution in [3.8, 4) is 0 Å². The van der Waals surface area contributed by atoms with Crippen LogP contribution in [0.5, 0.6) is 0 Å². The van der Waals surface area contributed by atoms with Crippen molar-refractivity contribution >= 4 is 17.1 Å². The van der Waals surface area contributed by atoms with Gasteiger partial charge in [0.15, 0.2) is 11.2 Å². The third-order valence-electron chi connectivity index (χ3n) is 6.30. The number of likely N-dealkylation sites (tertiary alicyclic amines) is 1. The van der Waals surface area contributed by atoms with Gasteiger partial charge in [0.05, 0.1) is 6.54 Å². The summed E-state index contributed by atoms with van der Waals surface area (Å²) in [5.41, 5.74) is 2.72. The Balaban J connectivity index is 1.61. The summed E-state index contributed by atoms with van der Waals surface area (Å²) in [6.45, 7) is 8.01. The van der Waals surface area contributed by atoms with Gasteiger partial charge >= 0.3 is 0 Å². The zero-order valence-corrected chi connectivity index (χ0v) is 18.5. The number of aromatic amines is 1. The number of fused-ring (bicyclic) bond motifs is 1. The molecule has 1 atom stereocenters. The first-order valence-corrected chi connectivity index (χ1v) is 11.2. The van der Waals surface area contributed by atoms with Crippen LogP contribution in [0.1, 0.15) is 62.4 Å². The molecule has 31 heavy (non-hydrogen) atoms. The van der Waals surface area contributed by atoms with E-state index in [2.05, 4.69) is 29.1 Å². The third-order valence-corrected chi connectivity index (χ3v) is 6.30. The number of nitrogens with one attached hydrogen (secondary N) is 1. The van der Waals surface area contributed by atoms with Gasteiger partial charge in [0.25, 0.3) is 5.56 Å². The molecule has 0 aliphatic carbocycles. The average Bonchev–Trinajstić information content (AvgIpc) is 3.19. The first-order chi connectivity index (χ1) is 15.0. The molecule has 0 saturated carbocycles. The van der Waals surface area contributed by atoms with Gasteiger partial charge in [0, 0.05) is 24.9 Å². The maximum atomic E-state index is 12.9. The van der Waals surface area contributed by atoms with Crippen LogP contribution in [0.3, 0.4) is 0 Å². The zero-order chi connectivity index (χ0) is 22.0. The molecule has 1 amide bonds. The summed E-state index contributed by atoms with van der Waals surface area (Å²) in [6, 6.07) is 8.18. The number of piperidine rings is 1. The van der Waals surface area contributed by atoms with Gasteiger partial charge in [0.1, 0.15) is 5.82 Å². The van der Waals surface area contributed by atoms with E-state index in [9.17, 15) is 9.59 Å². The topological polar surface area (TPSA) is 96.8 Å². The van der Waals surface area contributed by atoms with Gasteiger partial charge in [-0.3, -0.25) is 9.59 Å². The summed E-state index contributed by atoms with van der Waals surface area (Å²) < 4.78 is 1.68. The van der Waals surface area contributed by atoms with Gasteiger partial charge in [-0.05, 0) is 38.2 Å². The van der Waals surface area contributed by atoms with Gasteiger partial charge in [-0.25, -0.2) is 9.67 Å². The monoisotopic (exact) mass is 422 g/mol. The van der Waals surface area contributed by atoms with Crippen LogP contribution in [0, 0.1) is 12.8 Å². The number of aromatic nitrogens is 5. The van der Waals surface area contributed by atoms with E-state index >= 15 is 0 Å². The summed E-state index contributed by atoms with van der Waals surface area (Å²) in [4.78, 5) is 35.1. The predicted molar refractivity (Wildman–Crippen MR) is 119 cm³/mol. The molecular formula is C23H30N6O2. The molecule has 8 heteroatoms. The Morgan fingerprint density at radius 2 is 1.97 bits per heavy atom. The van der Waals surface area contributed by atoms with E-state index in [1.54, 1.807) is 4.68 Å². The normalized spacial score (nSPS) is 16.9. The Bertz CT molecular complexity index is 1110. The molecule has 1 aliphatic heterocycles. The molecule has 1 N–H and O–H groups in total. The fourth-order valence-corrected chi connectivity index (χ4v) is 4.35. The molecule has 0 bridgehead atoms. The number of benzene rings is 1. The number of nitrogens with zero attached hydrogens (tertiary/aromatic N) is 5. The van der Waals surface area contributed by atoms with Gasteiger partial charge in [0.2, 0.25) is 5.91 Å². The van der Waals surface area contributed by atoms with Crippen LogP contribution in [0.4, 0.5) is 0 Å². The molecule has 1 aliphatic rings. The number of aryl methyl sites for hydroxylation is 1. The second-order valence-corrected chi connectivity index (χ2v) is 8.49. The number of hydrogen-bond acceptors (Lipinski definition) is 5. The molecule has 3 aromatic rings. The van der Waals surface area contributed by atoms with Crippen LogP contribution >= 0.6 is 0 Å². The van der Waals surface area contributed by atoms with E-state index in [4.69, 9.17) is 4.98 Å². The molecule has 164 valence electrons. The highest BCUT2D eigenvalue weighted by molar-refractivity contribution is 5.79. The van der Waals surface area contributed by atoms with Crippen molar-refractivity contribution in [1.29, 1.82) is 0 Å². The lowest BCUT2D eigenvalue weighted by molar-refractivity contribution is -0.137. The van der Waals surface area contributed by atoms with E-state index < -0.39 is 0 Å². The van der Waals surface area contributed by atoms with Crippen molar-refractivity contribution < 1.29 is 4.79 Å². The molecule has 0 spiro atoms. The number of carbonyl (C=O) groups excluding carboxylic acids is 1. The second kappa shape index (κ2) is 8.99. The van der Waals surface area contributed by atoms with Gasteiger partial charge in [-0.2, -0.15) is 0 Å². The average molecular weight is 423 g/mol. The van der Waals surface area contributed by atoms with E-state index in [0.717, 1.165) is 37.8 Å². The molecule has 4 rings (SSSR count). The third kappa shape index (κ3) is 4.38. The largest absolute Gasteiger partial charge is 0.342 e. The standard InChI is InChI=1S/C23H30N6O2/c1-4-17(5-2)23(31)28-12-6-7-18(14-28)20-24-21-19(22(30)25-20)26-27-29(21)13-16-10-8-15(3)9-11-16/h8-11,17-18H,4-7,12-14H2,1-3H3,(H,24,25,30)/t18-/m0/s1. The van der Waals surface area contributed by atoms with Gasteiger partial charge < -0.3 is 9.88 Å². The van der Waals surface area contributed by atoms with E-state index in [-0.39, 0.29) is 28.8 Å². The maximum Gasteiger partial charge on any atom is 0.281 e. The van der Waals surface area contributed by atoms with Gasteiger partial charge in [-0.1, -0.05) is 48.9 Å². The number of amides is 1. The van der Waals surface area contributed by atoms with Crippen molar-refractivity contribution in [2.24, 2.45) is 5.92 Å². The van der Waals surface area contributed by atoms with E-state index in [1.165, 1.54) is 5.56 Å². The Labute approximate surface area is 181 Å². The number of H-pyrrole nitrogens is 1. The molecule has 0 radical (unpaired) electrons. The number of carbonyl (C=O) groups is 1. The lowest BCUT2D eigenvalue weighted by Gasteiger charge is -2.34. The Morgan fingerprint density at radius 3 is 2.68 bits per heavy atom. The summed E-state index contributed by atoms with van der Waals surface area (Å²) >= 11 is 0. The first-order valence-electron chi connectivity index (χ1n) is 11.2. The number of rotatable bonds is 6. The quantitative estimate of drug-likeness (QED) is 0.659. The molecule has 1 saturated heterocycles. The van der Waals surface area contributed by atoms with Crippen LogP contribution in [-0.2, 0) is 11.3 Å². The Hall–Kier alpha value is -3.03. The Morgan fingerprint density at radius 1 is 1.23 bits per heavy atom. The summed E-state index contributed by atoms with van der Waals surface area (Å²) in [5, 5.41) is 8.22. The summed E-state index contributed by atoms with van der Waals surface area (Å²) in [5.74, 6) is 0.900. The van der Waals surface area contributed by atoms with E-state index in [1.807, 2.05) is 36.1 Å². The highest BCUT2D eigenvalue weighted by Gasteiger charge is 2.29. The summed E-state index contributed by atoms with van der Waals surface area (Å²) in [6.07, 6.45) is 3.49. The van der Waals surface area contributed by atoms with Crippen molar-refractivity contribution in [1.82, 2.24) is 29.9 Å². The minimum atomic E-state index is -0.279. The summed E-state index contributed by atoms with van der Waals surface area (Å²) in [7, 11) is 0. The predicted octanol–water partition coefficient (Wildman–Crippen LogP) is 3.01. The molecule has 0 unspecified atom stereocenters. The second-order valence-electron chi connectivity index (χ2n) is 8.49. The smallest absolute Gasteiger partial charge is 0.281 e. The van der Waals surface area contributed by atoms with Crippen LogP contribution in [-0.4, -0.2) is 48.9 Å². The molecule has 1 aromatic carbocycles. The molecule has 2 aromatic heterocycles. The SMILES string of the molecule is CCC(CC)C(=O)N1CCC[C@H](c2nc3c(nnn3Cc3ccc(C)cc3)c(=O)[nH]2)C1. The minimum Gasteiger partial charge on any atom is -0.342 e.